The minimum atomic E-state index is 0. The number of hydrogen-bond donors (Lipinski definition) is 0. The number of benzene rings is 2. The third-order valence-electron chi connectivity index (χ3n) is 4.80. The van der Waals surface area contributed by atoms with Crippen LogP contribution in [0.25, 0.3) is 28.1 Å². The molecule has 0 saturated carbocycles. The summed E-state index contributed by atoms with van der Waals surface area (Å²) in [5.41, 5.74) is 5.57. The van der Waals surface area contributed by atoms with Crippen LogP contribution in [0.5, 0.6) is 0 Å². The van der Waals surface area contributed by atoms with Crippen LogP contribution in [0.4, 0.5) is 0 Å². The first-order chi connectivity index (χ1) is 12.3. The molecule has 2 heterocycles. The summed E-state index contributed by atoms with van der Waals surface area (Å²) in [6, 6.07) is 18.6. The Morgan fingerprint density at radius 2 is 1.81 bits per heavy atom. The van der Waals surface area contributed by atoms with Crippen molar-refractivity contribution in [2.75, 3.05) is 0 Å². The van der Waals surface area contributed by atoms with E-state index in [2.05, 4.69) is 40.5 Å². The van der Waals surface area contributed by atoms with Crippen molar-refractivity contribution in [1.82, 2.24) is 19.7 Å². The Morgan fingerprint density at radius 1 is 0.962 bits per heavy atom. The van der Waals surface area contributed by atoms with Gasteiger partial charge in [0, 0.05) is 10.2 Å². The molecule has 0 atom stereocenters. The maximum atomic E-state index is 5.44. The van der Waals surface area contributed by atoms with Crippen molar-refractivity contribution < 1.29 is 29.6 Å². The fraction of sp³-hybridized carbons (Fsp3) is 0.150. The molecule has 6 heteroatoms. The van der Waals surface area contributed by atoms with Gasteiger partial charge in [0.15, 0.2) is 0 Å². The molecule has 1 aliphatic carbocycles. The van der Waals surface area contributed by atoms with Gasteiger partial charge in [-0.1, -0.05) is 54.7 Å². The topological polar surface area (TPSA) is 44.8 Å². The number of rotatable bonds is 2. The van der Waals surface area contributed by atoms with Gasteiger partial charge in [-0.05, 0) is 48.2 Å². The largest absolute Gasteiger partial charge is 1.00 e. The van der Waals surface area contributed by atoms with E-state index in [0.717, 1.165) is 35.1 Å². The van der Waals surface area contributed by atoms with Crippen molar-refractivity contribution >= 4 is 23.1 Å². The number of nitrogens with zero attached hydrogens (tertiary/aromatic N) is 4. The number of aromatic nitrogens is 4. The molecule has 0 saturated heterocycles. The SMILES string of the molecule is S=c1[n-]nc(-c2ccc3ccccc3n2)n1-c1ccc2c(c1)CCC2.[Na+]. The first kappa shape index (κ1) is 17.6. The molecule has 0 spiro atoms. The summed E-state index contributed by atoms with van der Waals surface area (Å²) in [6.07, 6.45) is 3.51. The zero-order chi connectivity index (χ0) is 16.8. The van der Waals surface area contributed by atoms with Gasteiger partial charge in [-0.3, -0.25) is 5.10 Å². The van der Waals surface area contributed by atoms with E-state index in [4.69, 9.17) is 17.2 Å². The van der Waals surface area contributed by atoms with Crippen LogP contribution in [-0.2, 0) is 12.8 Å². The summed E-state index contributed by atoms with van der Waals surface area (Å²) in [5, 5.41) is 9.54. The summed E-state index contributed by atoms with van der Waals surface area (Å²) >= 11 is 5.44. The first-order valence-corrected chi connectivity index (χ1v) is 8.81. The van der Waals surface area contributed by atoms with E-state index in [1.54, 1.807) is 0 Å². The minimum Gasteiger partial charge on any atom is -0.390 e. The van der Waals surface area contributed by atoms with Crippen LogP contribution in [0.15, 0.2) is 54.6 Å². The molecule has 0 radical (unpaired) electrons. The second kappa shape index (κ2) is 7.08. The molecule has 4 nitrogen and oxygen atoms in total. The number of aryl methyl sites for hydroxylation is 2. The van der Waals surface area contributed by atoms with Crippen LogP contribution >= 0.6 is 12.2 Å². The maximum absolute atomic E-state index is 5.44. The smallest absolute Gasteiger partial charge is 0.390 e. The molecule has 1 aliphatic rings. The average molecular weight is 366 g/mol. The summed E-state index contributed by atoms with van der Waals surface area (Å²) < 4.78 is 2.38. The predicted octanol–water partition coefficient (Wildman–Crippen LogP) is 1.27. The van der Waals surface area contributed by atoms with Crippen LogP contribution in [0.2, 0.25) is 0 Å². The molecule has 0 amide bonds. The first-order valence-electron chi connectivity index (χ1n) is 8.40. The second-order valence-electron chi connectivity index (χ2n) is 6.34. The van der Waals surface area contributed by atoms with E-state index in [1.165, 1.54) is 17.5 Å². The zero-order valence-corrected chi connectivity index (χ0v) is 17.3. The molecule has 122 valence electrons. The summed E-state index contributed by atoms with van der Waals surface area (Å²) in [4.78, 5) is 4.75. The van der Waals surface area contributed by atoms with Crippen molar-refractivity contribution in [2.45, 2.75) is 19.3 Å². The fourth-order valence-electron chi connectivity index (χ4n) is 3.56. The molecule has 0 fully saturated rings. The third kappa shape index (κ3) is 2.95. The van der Waals surface area contributed by atoms with Crippen LogP contribution in [-0.4, -0.2) is 14.6 Å². The molecule has 0 N–H and O–H groups in total. The molecule has 0 bridgehead atoms. The van der Waals surface area contributed by atoms with Gasteiger partial charge in [-0.25, -0.2) is 4.98 Å². The van der Waals surface area contributed by atoms with E-state index >= 15 is 0 Å². The van der Waals surface area contributed by atoms with Crippen molar-refractivity contribution in [3.8, 4) is 17.2 Å². The van der Waals surface area contributed by atoms with E-state index in [9.17, 15) is 0 Å². The van der Waals surface area contributed by atoms with Crippen LogP contribution in [0.3, 0.4) is 0 Å². The van der Waals surface area contributed by atoms with Crippen LogP contribution in [0.1, 0.15) is 17.5 Å². The Kier molecular flexibility index (Phi) is 4.80. The normalized spacial score (nSPS) is 12.8. The van der Waals surface area contributed by atoms with E-state index in [-0.39, 0.29) is 29.6 Å². The Labute approximate surface area is 178 Å². The summed E-state index contributed by atoms with van der Waals surface area (Å²) in [5.74, 6) is 0.689. The number of fused-ring (bicyclic) bond motifs is 2. The number of para-hydroxylation sites is 1. The van der Waals surface area contributed by atoms with Gasteiger partial charge in [0.25, 0.3) is 0 Å². The molecule has 5 rings (SSSR count). The fourth-order valence-corrected chi connectivity index (χ4v) is 3.79. The number of pyridine rings is 1. The molecular weight excluding hydrogens is 351 g/mol. The third-order valence-corrected chi connectivity index (χ3v) is 5.07. The quantitative estimate of drug-likeness (QED) is 0.396. The van der Waals surface area contributed by atoms with Crippen molar-refractivity contribution in [1.29, 1.82) is 0 Å². The summed E-state index contributed by atoms with van der Waals surface area (Å²) in [6.45, 7) is 0. The van der Waals surface area contributed by atoms with Gasteiger partial charge in [-0.15, -0.1) is 0 Å². The Balaban J connectivity index is 0.00000168. The van der Waals surface area contributed by atoms with Gasteiger partial charge >= 0.3 is 29.6 Å². The van der Waals surface area contributed by atoms with Crippen LogP contribution < -0.4 is 34.7 Å². The van der Waals surface area contributed by atoms with Gasteiger partial charge in [0.2, 0.25) is 0 Å². The maximum Gasteiger partial charge on any atom is 1.00 e. The zero-order valence-electron chi connectivity index (χ0n) is 14.5. The van der Waals surface area contributed by atoms with Gasteiger partial charge in [0.1, 0.15) is 0 Å². The Morgan fingerprint density at radius 3 is 2.73 bits per heavy atom. The van der Waals surface area contributed by atoms with Crippen molar-refractivity contribution in [3.63, 3.8) is 0 Å². The summed E-state index contributed by atoms with van der Waals surface area (Å²) in [7, 11) is 0. The molecule has 0 unspecified atom stereocenters. The van der Waals surface area contributed by atoms with Crippen LogP contribution in [0, 0.1) is 4.77 Å². The van der Waals surface area contributed by atoms with Crippen molar-refractivity contribution in [2.24, 2.45) is 0 Å². The Hall–Kier alpha value is -1.79. The monoisotopic (exact) mass is 366 g/mol. The molecule has 2 aromatic carbocycles. The van der Waals surface area contributed by atoms with Crippen molar-refractivity contribution in [3.05, 3.63) is 70.5 Å². The minimum absolute atomic E-state index is 0. The van der Waals surface area contributed by atoms with Gasteiger partial charge in [0.05, 0.1) is 17.0 Å². The average Bonchev–Trinajstić information content (AvgIpc) is 3.27. The standard InChI is InChI=1S/C20H16N4S.Na/c25-20-23-22-19(18-11-9-14-4-1-2-7-17(14)21-18)24(20)16-10-8-13-5-3-6-15(13)12-16;/h1-2,4,7-12H,3,5-6H2,(H,21,23,25);/q;+1/p-1. The Bertz CT molecular complexity index is 1160. The molecule has 26 heavy (non-hydrogen) atoms. The second-order valence-corrected chi connectivity index (χ2v) is 6.70. The molecule has 2 aromatic heterocycles. The van der Waals surface area contributed by atoms with E-state index in [0.29, 0.717) is 10.6 Å². The van der Waals surface area contributed by atoms with E-state index < -0.39 is 0 Å². The van der Waals surface area contributed by atoms with Gasteiger partial charge < -0.3 is 9.67 Å². The van der Waals surface area contributed by atoms with E-state index in [1.807, 2.05) is 28.8 Å². The predicted molar refractivity (Wildman–Crippen MR) is 100 cm³/mol. The molecule has 4 aromatic rings. The molecular formula is C20H15N4NaS. The molecule has 0 aliphatic heterocycles. The number of hydrogen-bond acceptors (Lipinski definition) is 3. The van der Waals surface area contributed by atoms with Gasteiger partial charge in [-0.2, -0.15) is 0 Å².